The topological polar surface area (TPSA) is 78.3 Å². The van der Waals surface area contributed by atoms with Gasteiger partial charge >= 0.3 is 0 Å². The molecular formula is C22H22Cl2N4O3S. The molecule has 0 aliphatic carbocycles. The molecule has 1 N–H and O–H groups in total. The minimum atomic E-state index is -0.157. The quantitative estimate of drug-likeness (QED) is 0.282. The first-order chi connectivity index (χ1) is 15.5. The number of halogens is 2. The molecule has 3 rings (SSSR count). The molecule has 0 aliphatic heterocycles. The van der Waals surface area contributed by atoms with Crippen molar-refractivity contribution in [1.29, 1.82) is 0 Å². The van der Waals surface area contributed by atoms with Crippen molar-refractivity contribution < 1.29 is 14.3 Å². The first-order valence-corrected chi connectivity index (χ1v) is 11.5. The Hall–Kier alpha value is -2.68. The summed E-state index contributed by atoms with van der Waals surface area (Å²) in [5.41, 5.74) is 0.694. The molecule has 168 valence electrons. The van der Waals surface area contributed by atoms with Crippen LogP contribution in [0.5, 0.6) is 11.5 Å². The lowest BCUT2D eigenvalue weighted by atomic mass is 10.3. The van der Waals surface area contributed by atoms with Crippen LogP contribution in [0.4, 0.5) is 5.69 Å². The van der Waals surface area contributed by atoms with Gasteiger partial charge in [-0.3, -0.25) is 9.36 Å². The summed E-state index contributed by atoms with van der Waals surface area (Å²) in [6, 6.07) is 12.2. The molecule has 32 heavy (non-hydrogen) atoms. The minimum Gasteiger partial charge on any atom is -0.494 e. The Labute approximate surface area is 200 Å². The molecule has 7 nitrogen and oxygen atoms in total. The molecule has 10 heteroatoms. The van der Waals surface area contributed by atoms with Crippen LogP contribution >= 0.6 is 35.0 Å². The zero-order valence-corrected chi connectivity index (χ0v) is 19.7. The van der Waals surface area contributed by atoms with Crippen molar-refractivity contribution in [1.82, 2.24) is 14.8 Å². The molecule has 0 saturated heterocycles. The molecule has 0 spiro atoms. The summed E-state index contributed by atoms with van der Waals surface area (Å²) in [5, 5.41) is 12.8. The molecule has 0 fully saturated rings. The fraction of sp³-hybridized carbons (Fsp3) is 0.227. The van der Waals surface area contributed by atoms with Crippen LogP contribution in [0.15, 0.2) is 60.3 Å². The van der Waals surface area contributed by atoms with Gasteiger partial charge in [-0.25, -0.2) is 0 Å². The lowest BCUT2D eigenvalue weighted by Gasteiger charge is -2.10. The molecule has 0 bridgehead atoms. The third-order valence-corrected chi connectivity index (χ3v) is 5.65. The van der Waals surface area contributed by atoms with Gasteiger partial charge < -0.3 is 14.8 Å². The Bertz CT molecular complexity index is 1070. The van der Waals surface area contributed by atoms with Crippen LogP contribution in [0.1, 0.15) is 12.7 Å². The van der Waals surface area contributed by atoms with Crippen molar-refractivity contribution in [3.63, 3.8) is 0 Å². The number of thioether (sulfide) groups is 1. The first kappa shape index (κ1) is 24.0. The number of nitrogens with one attached hydrogen (secondary N) is 1. The largest absolute Gasteiger partial charge is 0.494 e. The van der Waals surface area contributed by atoms with Crippen molar-refractivity contribution in [3.8, 4) is 11.5 Å². The average Bonchev–Trinajstić information content (AvgIpc) is 3.16. The number of anilines is 1. The van der Waals surface area contributed by atoms with Crippen LogP contribution in [-0.4, -0.2) is 33.0 Å². The number of hydrogen-bond acceptors (Lipinski definition) is 6. The Morgan fingerprint density at radius 3 is 2.69 bits per heavy atom. The van der Waals surface area contributed by atoms with Crippen LogP contribution in [0.25, 0.3) is 0 Å². The van der Waals surface area contributed by atoms with Gasteiger partial charge in [0.2, 0.25) is 5.91 Å². The van der Waals surface area contributed by atoms with E-state index < -0.39 is 0 Å². The lowest BCUT2D eigenvalue weighted by molar-refractivity contribution is -0.113. The number of allylic oxidation sites excluding steroid dienone is 1. The Morgan fingerprint density at radius 1 is 1.19 bits per heavy atom. The highest BCUT2D eigenvalue weighted by Crippen LogP contribution is 2.28. The number of rotatable bonds is 11. The van der Waals surface area contributed by atoms with Crippen molar-refractivity contribution in [2.75, 3.05) is 17.7 Å². The van der Waals surface area contributed by atoms with E-state index in [1.165, 1.54) is 11.8 Å². The molecule has 2 aromatic carbocycles. The van der Waals surface area contributed by atoms with Gasteiger partial charge in [0.05, 0.1) is 17.4 Å². The van der Waals surface area contributed by atoms with E-state index in [1.54, 1.807) is 36.4 Å². The second-order valence-corrected chi connectivity index (χ2v) is 8.24. The third kappa shape index (κ3) is 6.66. The number of carbonyl (C=O) groups is 1. The maximum Gasteiger partial charge on any atom is 0.234 e. The Kier molecular flexibility index (Phi) is 8.84. The Morgan fingerprint density at radius 2 is 1.97 bits per heavy atom. The van der Waals surface area contributed by atoms with Gasteiger partial charge in [0.15, 0.2) is 11.0 Å². The van der Waals surface area contributed by atoms with E-state index in [4.69, 9.17) is 32.7 Å². The van der Waals surface area contributed by atoms with E-state index in [0.717, 1.165) is 5.75 Å². The fourth-order valence-electron chi connectivity index (χ4n) is 2.70. The van der Waals surface area contributed by atoms with Crippen LogP contribution < -0.4 is 14.8 Å². The molecule has 0 unspecified atom stereocenters. The average molecular weight is 493 g/mol. The molecule has 0 atom stereocenters. The van der Waals surface area contributed by atoms with E-state index in [2.05, 4.69) is 22.1 Å². The molecule has 0 radical (unpaired) electrons. The highest BCUT2D eigenvalue weighted by molar-refractivity contribution is 7.99. The number of nitrogens with zero attached hydrogens (tertiary/aromatic N) is 3. The van der Waals surface area contributed by atoms with Crippen molar-refractivity contribution in [2.24, 2.45) is 0 Å². The van der Waals surface area contributed by atoms with Gasteiger partial charge in [0.25, 0.3) is 0 Å². The highest BCUT2D eigenvalue weighted by Gasteiger charge is 2.15. The van der Waals surface area contributed by atoms with Crippen molar-refractivity contribution in [2.45, 2.75) is 25.2 Å². The van der Waals surface area contributed by atoms with Gasteiger partial charge in [-0.1, -0.05) is 41.0 Å². The van der Waals surface area contributed by atoms with Crippen molar-refractivity contribution in [3.05, 3.63) is 71.0 Å². The van der Waals surface area contributed by atoms with Crippen LogP contribution in [0, 0.1) is 0 Å². The molecular weight excluding hydrogens is 471 g/mol. The van der Waals surface area contributed by atoms with Gasteiger partial charge in [-0.15, -0.1) is 16.8 Å². The Balaban J connectivity index is 1.60. The fourth-order valence-corrected chi connectivity index (χ4v) is 3.80. The minimum absolute atomic E-state index is 0.139. The number of carbonyl (C=O) groups excluding carboxylic acids is 1. The summed E-state index contributed by atoms with van der Waals surface area (Å²) >= 11 is 13.4. The van der Waals surface area contributed by atoms with E-state index in [-0.39, 0.29) is 18.3 Å². The highest BCUT2D eigenvalue weighted by atomic mass is 35.5. The summed E-state index contributed by atoms with van der Waals surface area (Å²) in [5.74, 6) is 1.80. The number of hydrogen-bond donors (Lipinski definition) is 1. The van der Waals surface area contributed by atoms with E-state index in [0.29, 0.717) is 45.6 Å². The number of ether oxygens (including phenoxy) is 2. The molecule has 0 saturated carbocycles. The molecule has 1 heterocycles. The van der Waals surface area contributed by atoms with Crippen LogP contribution in [-0.2, 0) is 17.9 Å². The maximum atomic E-state index is 12.4. The number of benzene rings is 2. The second kappa shape index (κ2) is 11.8. The summed E-state index contributed by atoms with van der Waals surface area (Å²) in [7, 11) is 0. The lowest BCUT2D eigenvalue weighted by Crippen LogP contribution is -2.15. The van der Waals surface area contributed by atoms with Crippen LogP contribution in [0.3, 0.4) is 0 Å². The molecule has 1 amide bonds. The monoisotopic (exact) mass is 492 g/mol. The predicted molar refractivity (Wildman–Crippen MR) is 128 cm³/mol. The standard InChI is InChI=1S/C22H22Cl2N4O3S/c1-3-11-28-20(13-31-19-12-15(23)5-10-18(19)24)26-27-22(28)32-14-21(29)25-16-6-8-17(9-7-16)30-4-2/h3,5-10,12H,1,4,11,13-14H2,2H3,(H,25,29). The number of aromatic nitrogens is 3. The van der Waals surface area contributed by atoms with Gasteiger partial charge in [0, 0.05) is 23.3 Å². The van der Waals surface area contributed by atoms with Crippen LogP contribution in [0.2, 0.25) is 10.0 Å². The van der Waals surface area contributed by atoms with E-state index >= 15 is 0 Å². The summed E-state index contributed by atoms with van der Waals surface area (Å²) in [6.07, 6.45) is 1.73. The SMILES string of the molecule is C=CCn1c(COc2cc(Cl)ccc2Cl)nnc1SCC(=O)Nc1ccc(OCC)cc1. The third-order valence-electron chi connectivity index (χ3n) is 4.14. The first-order valence-electron chi connectivity index (χ1n) is 9.76. The second-order valence-electron chi connectivity index (χ2n) is 6.46. The zero-order chi connectivity index (χ0) is 22.9. The maximum absolute atomic E-state index is 12.4. The van der Waals surface area contributed by atoms with Crippen molar-refractivity contribution >= 4 is 46.6 Å². The zero-order valence-electron chi connectivity index (χ0n) is 17.4. The molecule has 1 aromatic heterocycles. The normalized spacial score (nSPS) is 10.6. The van der Waals surface area contributed by atoms with Gasteiger partial charge in [0.1, 0.15) is 18.1 Å². The summed E-state index contributed by atoms with van der Waals surface area (Å²) in [6.45, 7) is 6.90. The molecule has 3 aromatic rings. The van der Waals surface area contributed by atoms with E-state index in [9.17, 15) is 4.79 Å². The smallest absolute Gasteiger partial charge is 0.234 e. The predicted octanol–water partition coefficient (Wildman–Crippen LogP) is 5.48. The summed E-state index contributed by atoms with van der Waals surface area (Å²) in [4.78, 5) is 12.4. The van der Waals surface area contributed by atoms with Gasteiger partial charge in [-0.05, 0) is 43.3 Å². The van der Waals surface area contributed by atoms with E-state index in [1.807, 2.05) is 23.6 Å². The number of amides is 1. The summed E-state index contributed by atoms with van der Waals surface area (Å²) < 4.78 is 13.0. The van der Waals surface area contributed by atoms with Gasteiger partial charge in [-0.2, -0.15) is 0 Å². The molecule has 0 aliphatic rings.